The van der Waals surface area contributed by atoms with E-state index in [2.05, 4.69) is 10.2 Å². The zero-order valence-electron chi connectivity index (χ0n) is 11.1. The zero-order valence-corrected chi connectivity index (χ0v) is 12.0. The van der Waals surface area contributed by atoms with Crippen molar-refractivity contribution < 1.29 is 18.3 Å². The van der Waals surface area contributed by atoms with Gasteiger partial charge < -0.3 is 5.11 Å². The van der Waals surface area contributed by atoms with E-state index in [1.165, 1.54) is 6.20 Å². The van der Waals surface area contributed by atoms with E-state index >= 15 is 0 Å². The van der Waals surface area contributed by atoms with Crippen molar-refractivity contribution in [3.05, 3.63) is 41.7 Å². The summed E-state index contributed by atoms with van der Waals surface area (Å²) in [7, 11) is -3.83. The van der Waals surface area contributed by atoms with Gasteiger partial charge in [0.2, 0.25) is 0 Å². The number of rotatable bonds is 3. The fourth-order valence-electron chi connectivity index (χ4n) is 2.53. The minimum atomic E-state index is -3.83. The summed E-state index contributed by atoms with van der Waals surface area (Å²) in [6.45, 7) is 1.50. The van der Waals surface area contributed by atoms with Gasteiger partial charge >= 0.3 is 5.97 Å². The van der Waals surface area contributed by atoms with Gasteiger partial charge in [0.15, 0.2) is 0 Å². The maximum absolute atomic E-state index is 12.7. The summed E-state index contributed by atoms with van der Waals surface area (Å²) >= 11 is 0. The Morgan fingerprint density at radius 1 is 1.43 bits per heavy atom. The van der Waals surface area contributed by atoms with Gasteiger partial charge in [-0.3, -0.25) is 14.2 Å². The number of para-hydroxylation sites is 1. The Balaban J connectivity index is 2.13. The number of carbonyl (C=O) groups is 1. The van der Waals surface area contributed by atoms with Crippen LogP contribution in [-0.2, 0) is 14.8 Å². The van der Waals surface area contributed by atoms with Crippen LogP contribution in [0.1, 0.15) is 17.2 Å². The second-order valence-corrected chi connectivity index (χ2v) is 6.68. The van der Waals surface area contributed by atoms with Crippen molar-refractivity contribution in [2.45, 2.75) is 17.7 Å². The smallest absolute Gasteiger partial charge is 0.312 e. The third kappa shape index (κ3) is 1.99. The van der Waals surface area contributed by atoms with Crippen molar-refractivity contribution in [1.29, 1.82) is 0 Å². The average Bonchev–Trinajstić information content (AvgIpc) is 3.02. The molecule has 3 rings (SSSR count). The Labute approximate surface area is 121 Å². The van der Waals surface area contributed by atoms with Crippen LogP contribution in [0.4, 0.5) is 5.69 Å². The van der Waals surface area contributed by atoms with Crippen LogP contribution in [0.3, 0.4) is 0 Å². The first-order chi connectivity index (χ1) is 9.93. The van der Waals surface area contributed by atoms with Gasteiger partial charge in [0.25, 0.3) is 10.0 Å². The highest BCUT2D eigenvalue weighted by Gasteiger charge is 2.40. The number of aliphatic carboxylic acids is 1. The monoisotopic (exact) mass is 307 g/mol. The number of aryl methyl sites for hydroxylation is 1. The highest BCUT2D eigenvalue weighted by molar-refractivity contribution is 7.93. The largest absolute Gasteiger partial charge is 0.481 e. The topological polar surface area (TPSA) is 103 Å². The maximum Gasteiger partial charge on any atom is 0.312 e. The second-order valence-electron chi connectivity index (χ2n) is 4.85. The third-order valence-electron chi connectivity index (χ3n) is 3.58. The molecule has 2 N–H and O–H groups in total. The molecule has 1 aromatic heterocycles. The van der Waals surface area contributed by atoms with Crippen molar-refractivity contribution in [2.75, 3.05) is 10.8 Å². The van der Waals surface area contributed by atoms with E-state index in [9.17, 15) is 18.3 Å². The number of aromatic amines is 1. The van der Waals surface area contributed by atoms with E-state index in [1.54, 1.807) is 31.2 Å². The number of carboxylic acid groups (broad SMARTS) is 1. The summed E-state index contributed by atoms with van der Waals surface area (Å²) in [4.78, 5) is 11.4. The van der Waals surface area contributed by atoms with E-state index in [-0.39, 0.29) is 11.4 Å². The number of H-pyrrole nitrogens is 1. The molecule has 110 valence electrons. The number of carboxylic acids is 1. The van der Waals surface area contributed by atoms with Crippen LogP contribution in [0.15, 0.2) is 35.4 Å². The summed E-state index contributed by atoms with van der Waals surface area (Å²) in [5, 5.41) is 15.6. The van der Waals surface area contributed by atoms with Gasteiger partial charge in [0.05, 0.1) is 24.1 Å². The maximum atomic E-state index is 12.7. The van der Waals surface area contributed by atoms with Crippen molar-refractivity contribution >= 4 is 21.7 Å². The number of sulfonamides is 1. The Morgan fingerprint density at radius 2 is 2.14 bits per heavy atom. The molecule has 21 heavy (non-hydrogen) atoms. The first-order valence-electron chi connectivity index (χ1n) is 6.27. The van der Waals surface area contributed by atoms with Crippen molar-refractivity contribution in [1.82, 2.24) is 10.2 Å². The number of hydrogen-bond donors (Lipinski definition) is 2. The summed E-state index contributed by atoms with van der Waals surface area (Å²) in [5.41, 5.74) is 1.34. The Morgan fingerprint density at radius 3 is 2.76 bits per heavy atom. The fourth-order valence-corrected chi connectivity index (χ4v) is 4.16. The number of hydrogen-bond acceptors (Lipinski definition) is 4. The minimum Gasteiger partial charge on any atom is -0.481 e. The van der Waals surface area contributed by atoms with E-state index in [1.807, 2.05) is 0 Å². The van der Waals surface area contributed by atoms with Gasteiger partial charge in [-0.1, -0.05) is 18.2 Å². The molecule has 0 bridgehead atoms. The molecule has 0 saturated carbocycles. The number of nitrogens with zero attached hydrogens (tertiary/aromatic N) is 2. The van der Waals surface area contributed by atoms with E-state index in [0.717, 1.165) is 4.31 Å². The summed E-state index contributed by atoms with van der Waals surface area (Å²) < 4.78 is 26.6. The predicted octanol–water partition coefficient (Wildman–Crippen LogP) is 1.10. The molecule has 1 atom stereocenters. The molecular weight excluding hydrogens is 294 g/mol. The van der Waals surface area contributed by atoms with Crippen LogP contribution in [0.5, 0.6) is 0 Å². The molecule has 1 aliphatic rings. The van der Waals surface area contributed by atoms with Gasteiger partial charge in [-0.25, -0.2) is 8.42 Å². The average molecular weight is 307 g/mol. The van der Waals surface area contributed by atoms with Crippen molar-refractivity contribution in [2.24, 2.45) is 0 Å². The molecule has 8 heteroatoms. The predicted molar refractivity (Wildman–Crippen MR) is 74.7 cm³/mol. The van der Waals surface area contributed by atoms with Gasteiger partial charge in [0, 0.05) is 0 Å². The van der Waals surface area contributed by atoms with Crippen molar-refractivity contribution in [3.8, 4) is 0 Å². The molecule has 2 aromatic rings. The van der Waals surface area contributed by atoms with Crippen LogP contribution in [0.2, 0.25) is 0 Å². The Kier molecular flexibility index (Phi) is 2.98. The molecule has 0 fully saturated rings. The highest BCUT2D eigenvalue weighted by Crippen LogP contribution is 2.39. The number of nitrogens with one attached hydrogen (secondary N) is 1. The summed E-state index contributed by atoms with van der Waals surface area (Å²) in [6.07, 6.45) is 1.24. The lowest BCUT2D eigenvalue weighted by molar-refractivity contribution is -0.138. The minimum absolute atomic E-state index is 0.0586. The highest BCUT2D eigenvalue weighted by atomic mass is 32.2. The van der Waals surface area contributed by atoms with E-state index in [0.29, 0.717) is 16.9 Å². The lowest BCUT2D eigenvalue weighted by Gasteiger charge is -2.19. The first-order valence-corrected chi connectivity index (χ1v) is 7.71. The van der Waals surface area contributed by atoms with Gasteiger partial charge in [-0.05, 0) is 18.6 Å². The number of fused-ring (bicyclic) bond motifs is 1. The molecule has 0 aliphatic carbocycles. The van der Waals surface area contributed by atoms with E-state index < -0.39 is 21.9 Å². The molecule has 2 heterocycles. The number of benzene rings is 1. The molecule has 0 amide bonds. The van der Waals surface area contributed by atoms with E-state index in [4.69, 9.17) is 0 Å². The quantitative estimate of drug-likeness (QED) is 0.883. The lowest BCUT2D eigenvalue weighted by atomic mass is 10.0. The van der Waals surface area contributed by atoms with Crippen LogP contribution in [0.25, 0.3) is 0 Å². The molecular formula is C13H13N3O4S. The summed E-state index contributed by atoms with van der Waals surface area (Å²) in [5.74, 6) is -1.90. The number of anilines is 1. The second kappa shape index (κ2) is 4.59. The third-order valence-corrected chi connectivity index (χ3v) is 5.47. The standard InChI is InChI=1S/C13H13N3O4S/c1-8-12(6-14-15-8)21(19,20)16-7-10(13(17)18)9-4-2-3-5-11(9)16/h2-6,10H,7H2,1H3,(H,14,15)(H,17,18). The normalized spacial score (nSPS) is 17.8. The van der Waals surface area contributed by atoms with Crippen LogP contribution < -0.4 is 4.31 Å². The van der Waals surface area contributed by atoms with Crippen LogP contribution in [-0.4, -0.2) is 36.2 Å². The SMILES string of the molecule is Cc1[nH]ncc1S(=O)(=O)N1CC(C(=O)O)c2ccccc21. The Bertz CT molecular complexity index is 812. The molecule has 7 nitrogen and oxygen atoms in total. The Hall–Kier alpha value is -2.35. The van der Waals surface area contributed by atoms with Gasteiger partial charge in [-0.15, -0.1) is 0 Å². The molecule has 0 saturated heterocycles. The van der Waals surface area contributed by atoms with Gasteiger partial charge in [-0.2, -0.15) is 5.10 Å². The molecule has 0 spiro atoms. The number of aromatic nitrogens is 2. The molecule has 1 unspecified atom stereocenters. The van der Waals surface area contributed by atoms with Crippen molar-refractivity contribution in [3.63, 3.8) is 0 Å². The summed E-state index contributed by atoms with van der Waals surface area (Å²) in [6, 6.07) is 6.65. The zero-order chi connectivity index (χ0) is 15.2. The lowest BCUT2D eigenvalue weighted by Crippen LogP contribution is -2.31. The van der Waals surface area contributed by atoms with Crippen LogP contribution >= 0.6 is 0 Å². The van der Waals surface area contributed by atoms with Gasteiger partial charge in [0.1, 0.15) is 10.8 Å². The molecule has 1 aromatic carbocycles. The molecule has 0 radical (unpaired) electrons. The first kappa shape index (κ1) is 13.6. The molecule has 1 aliphatic heterocycles. The fraction of sp³-hybridized carbons (Fsp3) is 0.231. The van der Waals surface area contributed by atoms with Crippen LogP contribution in [0, 0.1) is 6.92 Å².